The van der Waals surface area contributed by atoms with E-state index in [2.05, 4.69) is 9.99 Å². The quantitative estimate of drug-likeness (QED) is 0.581. The number of hydrogen-bond donors (Lipinski definition) is 0. The van der Waals surface area contributed by atoms with Gasteiger partial charge in [-0.25, -0.2) is 0 Å². The van der Waals surface area contributed by atoms with Crippen molar-refractivity contribution in [3.63, 3.8) is 0 Å². The van der Waals surface area contributed by atoms with E-state index >= 15 is 0 Å². The maximum absolute atomic E-state index is 11.9. The third kappa shape index (κ3) is 4.08. The number of halogens is 3. The Balaban J connectivity index is 2.22. The highest BCUT2D eigenvalue weighted by atomic mass is 19.4. The number of oxime groups is 1. The summed E-state index contributed by atoms with van der Waals surface area (Å²) in [6.45, 7) is 3.47. The van der Waals surface area contributed by atoms with Crippen LogP contribution in [0.25, 0.3) is 11.1 Å². The predicted octanol–water partition coefficient (Wildman–Crippen LogP) is 4.92. The van der Waals surface area contributed by atoms with Gasteiger partial charge in [0.15, 0.2) is 0 Å². The lowest BCUT2D eigenvalue weighted by Crippen LogP contribution is -2.10. The molecule has 0 radical (unpaired) electrons. The van der Waals surface area contributed by atoms with E-state index in [9.17, 15) is 13.2 Å². The molecule has 2 nitrogen and oxygen atoms in total. The summed E-state index contributed by atoms with van der Waals surface area (Å²) in [5.74, 6) is 0. The number of aryl methyl sites for hydroxylation is 1. The molecule has 0 saturated heterocycles. The van der Waals surface area contributed by atoms with Gasteiger partial charge in [-0.05, 0) is 36.1 Å². The molecule has 0 aromatic heterocycles. The van der Waals surface area contributed by atoms with Crippen molar-refractivity contribution in [2.45, 2.75) is 20.2 Å². The summed E-state index contributed by atoms with van der Waals surface area (Å²) in [5.41, 5.74) is 3.97. The van der Waals surface area contributed by atoms with Gasteiger partial charge in [-0.15, -0.1) is 13.2 Å². The molecule has 2 rings (SSSR count). The fraction of sp³-hybridized carbons (Fsp3) is 0.188. The van der Waals surface area contributed by atoms with E-state index in [1.165, 1.54) is 6.92 Å². The topological polar surface area (TPSA) is 21.6 Å². The van der Waals surface area contributed by atoms with Crippen LogP contribution in [0.3, 0.4) is 0 Å². The Labute approximate surface area is 120 Å². The van der Waals surface area contributed by atoms with Crippen LogP contribution in [0, 0.1) is 6.92 Å². The maximum Gasteiger partial charge on any atom is 0.593 e. The lowest BCUT2D eigenvalue weighted by Gasteiger charge is -2.07. The van der Waals surface area contributed by atoms with Crippen LogP contribution in [0.2, 0.25) is 0 Å². The Bertz CT molecular complexity index is 645. The number of rotatable bonds is 3. The van der Waals surface area contributed by atoms with E-state index in [0.717, 1.165) is 16.7 Å². The zero-order chi connectivity index (χ0) is 15.5. The molecule has 5 heteroatoms. The lowest BCUT2D eigenvalue weighted by molar-refractivity contribution is -0.325. The fourth-order valence-electron chi connectivity index (χ4n) is 1.96. The molecule has 0 amide bonds. The molecule has 0 aliphatic carbocycles. The van der Waals surface area contributed by atoms with E-state index in [1.54, 1.807) is 12.1 Å². The van der Waals surface area contributed by atoms with Crippen molar-refractivity contribution in [2.75, 3.05) is 0 Å². The first-order chi connectivity index (χ1) is 9.87. The third-order valence-electron chi connectivity index (χ3n) is 3.04. The highest BCUT2D eigenvalue weighted by molar-refractivity contribution is 5.98. The summed E-state index contributed by atoms with van der Waals surface area (Å²) in [4.78, 5) is 3.47. The molecule has 0 aliphatic rings. The second-order valence-electron chi connectivity index (χ2n) is 4.61. The Morgan fingerprint density at radius 1 is 1.00 bits per heavy atom. The predicted molar refractivity (Wildman–Crippen MR) is 76.0 cm³/mol. The summed E-state index contributed by atoms with van der Waals surface area (Å²) >= 11 is 0. The summed E-state index contributed by atoms with van der Waals surface area (Å²) in [6, 6.07) is 15.1. The Hall–Kier alpha value is -2.30. The van der Waals surface area contributed by atoms with Gasteiger partial charge in [-0.1, -0.05) is 53.7 Å². The maximum atomic E-state index is 11.9. The van der Waals surface area contributed by atoms with E-state index in [0.29, 0.717) is 5.56 Å². The van der Waals surface area contributed by atoms with Gasteiger partial charge in [0.2, 0.25) is 0 Å². The van der Waals surface area contributed by atoms with Crippen LogP contribution in [0.15, 0.2) is 53.7 Å². The monoisotopic (exact) mass is 293 g/mol. The normalized spacial score (nSPS) is 12.3. The highest BCUT2D eigenvalue weighted by Gasteiger charge is 2.31. The Morgan fingerprint density at radius 3 is 2.19 bits per heavy atom. The second-order valence-corrected chi connectivity index (χ2v) is 4.61. The first-order valence-corrected chi connectivity index (χ1v) is 6.33. The van der Waals surface area contributed by atoms with Crippen LogP contribution in [0.5, 0.6) is 0 Å². The van der Waals surface area contributed by atoms with Crippen molar-refractivity contribution < 1.29 is 18.0 Å². The van der Waals surface area contributed by atoms with Crippen LogP contribution in [0.4, 0.5) is 13.2 Å². The minimum Gasteiger partial charge on any atom is -0.294 e. The van der Waals surface area contributed by atoms with E-state index < -0.39 is 6.36 Å². The van der Waals surface area contributed by atoms with E-state index in [4.69, 9.17) is 0 Å². The molecule has 2 aromatic carbocycles. The van der Waals surface area contributed by atoms with Gasteiger partial charge in [-0.2, -0.15) is 0 Å². The molecular weight excluding hydrogens is 279 g/mol. The molecule has 0 saturated carbocycles. The smallest absolute Gasteiger partial charge is 0.294 e. The fourth-order valence-corrected chi connectivity index (χ4v) is 1.96. The lowest BCUT2D eigenvalue weighted by atomic mass is 9.99. The van der Waals surface area contributed by atoms with Crippen molar-refractivity contribution in [3.8, 4) is 11.1 Å². The Morgan fingerprint density at radius 2 is 1.62 bits per heavy atom. The molecule has 110 valence electrons. The van der Waals surface area contributed by atoms with Gasteiger partial charge >= 0.3 is 6.36 Å². The van der Waals surface area contributed by atoms with E-state index in [1.807, 2.05) is 43.3 Å². The van der Waals surface area contributed by atoms with Gasteiger partial charge in [0.1, 0.15) is 0 Å². The molecule has 0 aliphatic heterocycles. The molecular formula is C16H14F3NO. The number of benzene rings is 2. The molecule has 0 atom stereocenters. The average molecular weight is 293 g/mol. The van der Waals surface area contributed by atoms with Crippen LogP contribution in [-0.4, -0.2) is 12.1 Å². The largest absolute Gasteiger partial charge is 0.593 e. The average Bonchev–Trinajstić information content (AvgIpc) is 2.45. The summed E-state index contributed by atoms with van der Waals surface area (Å²) in [6.07, 6.45) is -4.76. The number of nitrogens with zero attached hydrogens (tertiary/aromatic N) is 1. The second kappa shape index (κ2) is 5.99. The van der Waals surface area contributed by atoms with Crippen molar-refractivity contribution in [3.05, 3.63) is 59.7 Å². The Kier molecular flexibility index (Phi) is 4.31. The minimum absolute atomic E-state index is 0.170. The van der Waals surface area contributed by atoms with Crippen LogP contribution in [0.1, 0.15) is 18.1 Å². The molecule has 2 aromatic rings. The van der Waals surface area contributed by atoms with Crippen LogP contribution < -0.4 is 0 Å². The molecule has 0 fully saturated rings. The van der Waals surface area contributed by atoms with Crippen molar-refractivity contribution >= 4 is 5.71 Å². The molecule has 0 bridgehead atoms. The molecule has 0 N–H and O–H groups in total. The van der Waals surface area contributed by atoms with Gasteiger partial charge < -0.3 is 0 Å². The first-order valence-electron chi connectivity index (χ1n) is 6.33. The van der Waals surface area contributed by atoms with E-state index in [-0.39, 0.29) is 5.71 Å². The van der Waals surface area contributed by atoms with Gasteiger partial charge in [0.05, 0.1) is 5.71 Å². The van der Waals surface area contributed by atoms with Crippen molar-refractivity contribution in [2.24, 2.45) is 5.16 Å². The van der Waals surface area contributed by atoms with Gasteiger partial charge in [-0.3, -0.25) is 4.84 Å². The SMILES string of the molecule is CC(=NOC(F)(F)F)c1ccc(-c2ccccc2C)cc1. The van der Waals surface area contributed by atoms with Crippen molar-refractivity contribution in [1.29, 1.82) is 0 Å². The highest BCUT2D eigenvalue weighted by Crippen LogP contribution is 2.23. The molecule has 0 unspecified atom stereocenters. The van der Waals surface area contributed by atoms with Gasteiger partial charge in [0.25, 0.3) is 0 Å². The zero-order valence-corrected chi connectivity index (χ0v) is 11.6. The third-order valence-corrected chi connectivity index (χ3v) is 3.04. The van der Waals surface area contributed by atoms with Crippen LogP contribution in [-0.2, 0) is 4.84 Å². The molecule has 0 heterocycles. The minimum atomic E-state index is -4.76. The zero-order valence-electron chi connectivity index (χ0n) is 11.6. The number of alkyl halides is 3. The molecule has 21 heavy (non-hydrogen) atoms. The first kappa shape index (κ1) is 15.1. The van der Waals surface area contributed by atoms with Gasteiger partial charge in [0, 0.05) is 0 Å². The standard InChI is InChI=1S/C16H14F3NO/c1-11-5-3-4-6-15(11)14-9-7-13(8-10-14)12(2)20-21-16(17,18)19/h3-10H,1-2H3. The van der Waals surface area contributed by atoms with Crippen LogP contribution >= 0.6 is 0 Å². The summed E-state index contributed by atoms with van der Waals surface area (Å²) in [5, 5.41) is 3.08. The molecule has 0 spiro atoms. The number of hydrogen-bond acceptors (Lipinski definition) is 2. The summed E-state index contributed by atoms with van der Waals surface area (Å²) < 4.78 is 35.8. The van der Waals surface area contributed by atoms with Crippen molar-refractivity contribution in [1.82, 2.24) is 0 Å². The summed E-state index contributed by atoms with van der Waals surface area (Å²) in [7, 11) is 0.